The van der Waals surface area contributed by atoms with Gasteiger partial charge in [0.25, 0.3) is 0 Å². The average molecular weight is 382 g/mol. The predicted molar refractivity (Wildman–Crippen MR) is 108 cm³/mol. The van der Waals surface area contributed by atoms with Crippen LogP contribution in [0.15, 0.2) is 54.6 Å². The summed E-state index contributed by atoms with van der Waals surface area (Å²) in [5.41, 5.74) is 2.37. The molecule has 0 unspecified atom stereocenters. The Morgan fingerprint density at radius 2 is 1.81 bits per heavy atom. The molecular weight excluding hydrogens is 358 g/mol. The van der Waals surface area contributed by atoms with Crippen molar-refractivity contribution in [2.24, 2.45) is 0 Å². The van der Waals surface area contributed by atoms with Gasteiger partial charge in [0, 0.05) is 12.8 Å². The van der Waals surface area contributed by atoms with Gasteiger partial charge < -0.3 is 10.1 Å². The number of amides is 1. The molecule has 1 N–H and O–H groups in total. The number of nitrogens with zero attached hydrogens (tertiary/aromatic N) is 2. The van der Waals surface area contributed by atoms with E-state index in [2.05, 4.69) is 22.4 Å². The fraction of sp³-hybridized carbons (Fsp3) is 0.286. The quantitative estimate of drug-likeness (QED) is 0.625. The number of nitrogens with one attached hydrogen (secondary N) is 1. The predicted octanol–water partition coefficient (Wildman–Crippen LogP) is 4.46. The standard InChI is InChI=1S/C21H23N3O2S/c1-15(17-6-4-3-5-7-17)14-19(25)22-21-24-23-20(27-21)13-10-16-8-11-18(26-2)12-9-16/h3-9,11-12,15H,10,13-14H2,1-2H3,(H,22,24,25)/t15-/m1/s1. The van der Waals surface area contributed by atoms with Gasteiger partial charge in [0.05, 0.1) is 7.11 Å². The summed E-state index contributed by atoms with van der Waals surface area (Å²) in [4.78, 5) is 12.3. The highest BCUT2D eigenvalue weighted by molar-refractivity contribution is 7.15. The number of methoxy groups -OCH3 is 1. The van der Waals surface area contributed by atoms with E-state index in [-0.39, 0.29) is 11.8 Å². The SMILES string of the molecule is COc1ccc(CCc2nnc(NC(=O)C[C@@H](C)c3ccccc3)s2)cc1. The number of rotatable bonds is 8. The van der Waals surface area contributed by atoms with Crippen LogP contribution >= 0.6 is 11.3 Å². The van der Waals surface area contributed by atoms with Crippen molar-refractivity contribution in [3.8, 4) is 5.75 Å². The molecule has 1 amide bonds. The third-order valence-corrected chi connectivity index (χ3v) is 5.26. The van der Waals surface area contributed by atoms with Crippen LogP contribution in [0.4, 0.5) is 5.13 Å². The normalized spacial score (nSPS) is 11.8. The fourth-order valence-corrected chi connectivity index (χ4v) is 3.55. The maximum Gasteiger partial charge on any atom is 0.226 e. The topological polar surface area (TPSA) is 64.1 Å². The van der Waals surface area contributed by atoms with Crippen LogP contribution in [0.3, 0.4) is 0 Å². The number of aryl methyl sites for hydroxylation is 2. The van der Waals surface area contributed by atoms with E-state index in [1.807, 2.05) is 54.6 Å². The second-order valence-electron chi connectivity index (χ2n) is 6.41. The van der Waals surface area contributed by atoms with Gasteiger partial charge in [-0.1, -0.05) is 60.7 Å². The first-order valence-corrected chi connectivity index (χ1v) is 9.76. The van der Waals surface area contributed by atoms with Crippen molar-refractivity contribution in [3.63, 3.8) is 0 Å². The van der Waals surface area contributed by atoms with Crippen molar-refractivity contribution in [1.82, 2.24) is 10.2 Å². The molecule has 27 heavy (non-hydrogen) atoms. The van der Waals surface area contributed by atoms with Gasteiger partial charge in [-0.05, 0) is 35.6 Å². The van der Waals surface area contributed by atoms with Gasteiger partial charge in [-0.2, -0.15) is 0 Å². The molecule has 0 aliphatic rings. The first kappa shape index (κ1) is 19.0. The molecule has 3 rings (SSSR count). The Balaban J connectivity index is 1.49. The summed E-state index contributed by atoms with van der Waals surface area (Å²) >= 11 is 1.43. The van der Waals surface area contributed by atoms with Crippen molar-refractivity contribution in [2.75, 3.05) is 12.4 Å². The molecule has 3 aromatic rings. The van der Waals surface area contributed by atoms with E-state index in [0.29, 0.717) is 11.6 Å². The number of benzene rings is 2. The molecule has 1 aromatic heterocycles. The molecule has 0 bridgehead atoms. The zero-order chi connectivity index (χ0) is 19.1. The Bertz CT molecular complexity index is 863. The molecule has 1 heterocycles. The molecule has 5 nitrogen and oxygen atoms in total. The lowest BCUT2D eigenvalue weighted by atomic mass is 9.98. The smallest absolute Gasteiger partial charge is 0.226 e. The van der Waals surface area contributed by atoms with Gasteiger partial charge in [-0.15, -0.1) is 10.2 Å². The molecule has 2 aromatic carbocycles. The Kier molecular flexibility index (Phi) is 6.54. The minimum Gasteiger partial charge on any atom is -0.497 e. The van der Waals surface area contributed by atoms with Crippen molar-refractivity contribution in [2.45, 2.75) is 32.1 Å². The summed E-state index contributed by atoms with van der Waals surface area (Å²) in [5, 5.41) is 12.6. The van der Waals surface area contributed by atoms with Gasteiger partial charge in [-0.3, -0.25) is 4.79 Å². The molecule has 0 spiro atoms. The second kappa shape index (κ2) is 9.28. The van der Waals surface area contributed by atoms with E-state index < -0.39 is 0 Å². The van der Waals surface area contributed by atoms with Gasteiger partial charge >= 0.3 is 0 Å². The summed E-state index contributed by atoms with van der Waals surface area (Å²) in [7, 11) is 1.66. The van der Waals surface area contributed by atoms with Crippen molar-refractivity contribution < 1.29 is 9.53 Å². The van der Waals surface area contributed by atoms with Gasteiger partial charge in [0.2, 0.25) is 11.0 Å². The maximum absolute atomic E-state index is 12.3. The lowest BCUT2D eigenvalue weighted by Gasteiger charge is -2.10. The van der Waals surface area contributed by atoms with Crippen LogP contribution in [0.25, 0.3) is 0 Å². The number of carbonyl (C=O) groups is 1. The molecule has 0 saturated heterocycles. The zero-order valence-corrected chi connectivity index (χ0v) is 16.3. The second-order valence-corrected chi connectivity index (χ2v) is 7.48. The van der Waals surface area contributed by atoms with Gasteiger partial charge in [0.15, 0.2) is 0 Å². The van der Waals surface area contributed by atoms with Gasteiger partial charge in [-0.25, -0.2) is 0 Å². The maximum atomic E-state index is 12.3. The van der Waals surface area contributed by atoms with Crippen LogP contribution in [-0.4, -0.2) is 23.2 Å². The summed E-state index contributed by atoms with van der Waals surface area (Å²) in [6.07, 6.45) is 2.09. The third-order valence-electron chi connectivity index (χ3n) is 4.36. The highest BCUT2D eigenvalue weighted by atomic mass is 32.1. The van der Waals surface area contributed by atoms with Crippen molar-refractivity contribution in [3.05, 3.63) is 70.7 Å². The van der Waals surface area contributed by atoms with Gasteiger partial charge in [0.1, 0.15) is 10.8 Å². The van der Waals surface area contributed by atoms with Crippen molar-refractivity contribution >= 4 is 22.4 Å². The number of aromatic nitrogens is 2. The van der Waals surface area contributed by atoms with Crippen LogP contribution in [0.2, 0.25) is 0 Å². The highest BCUT2D eigenvalue weighted by Gasteiger charge is 2.13. The van der Waals surface area contributed by atoms with Crippen LogP contribution in [0, 0.1) is 0 Å². The third kappa shape index (κ3) is 5.62. The van der Waals surface area contributed by atoms with E-state index in [1.54, 1.807) is 7.11 Å². The number of hydrogen-bond acceptors (Lipinski definition) is 5. The lowest BCUT2D eigenvalue weighted by molar-refractivity contribution is -0.116. The molecule has 0 radical (unpaired) electrons. The lowest BCUT2D eigenvalue weighted by Crippen LogP contribution is -2.14. The number of carbonyl (C=O) groups excluding carboxylic acids is 1. The summed E-state index contributed by atoms with van der Waals surface area (Å²) in [6, 6.07) is 18.0. The van der Waals surface area contributed by atoms with Crippen LogP contribution in [0.5, 0.6) is 5.75 Å². The minimum atomic E-state index is -0.0378. The zero-order valence-electron chi connectivity index (χ0n) is 15.5. The summed E-state index contributed by atoms with van der Waals surface area (Å²) in [6.45, 7) is 2.05. The molecular formula is C21H23N3O2S. The van der Waals surface area contributed by atoms with Crippen LogP contribution in [0.1, 0.15) is 35.4 Å². The van der Waals surface area contributed by atoms with E-state index >= 15 is 0 Å². The molecule has 0 saturated carbocycles. The first-order valence-electron chi connectivity index (χ1n) is 8.94. The average Bonchev–Trinajstić information content (AvgIpc) is 3.14. The largest absolute Gasteiger partial charge is 0.497 e. The molecule has 1 atom stereocenters. The Hall–Kier alpha value is -2.73. The van der Waals surface area contributed by atoms with E-state index in [4.69, 9.17) is 4.74 Å². The molecule has 140 valence electrons. The molecule has 0 aliphatic heterocycles. The Morgan fingerprint density at radius 3 is 2.52 bits per heavy atom. The van der Waals surface area contributed by atoms with E-state index in [0.717, 1.165) is 29.2 Å². The Labute approximate surface area is 163 Å². The first-order chi connectivity index (χ1) is 13.1. The minimum absolute atomic E-state index is 0.0378. The summed E-state index contributed by atoms with van der Waals surface area (Å²) < 4.78 is 5.17. The highest BCUT2D eigenvalue weighted by Crippen LogP contribution is 2.22. The Morgan fingerprint density at radius 1 is 1.07 bits per heavy atom. The monoisotopic (exact) mass is 381 g/mol. The number of hydrogen-bond donors (Lipinski definition) is 1. The van der Waals surface area contributed by atoms with Crippen LogP contribution < -0.4 is 10.1 Å². The number of anilines is 1. The van der Waals surface area contributed by atoms with Crippen molar-refractivity contribution in [1.29, 1.82) is 0 Å². The van der Waals surface area contributed by atoms with E-state index in [1.165, 1.54) is 16.9 Å². The molecule has 0 aliphatic carbocycles. The van der Waals surface area contributed by atoms with Crippen LogP contribution in [-0.2, 0) is 17.6 Å². The summed E-state index contributed by atoms with van der Waals surface area (Å²) in [5.74, 6) is 0.974. The fourth-order valence-electron chi connectivity index (χ4n) is 2.80. The molecule has 0 fully saturated rings. The molecule has 6 heteroatoms. The van der Waals surface area contributed by atoms with E-state index in [9.17, 15) is 4.79 Å². The number of ether oxygens (including phenoxy) is 1.